The lowest BCUT2D eigenvalue weighted by molar-refractivity contribution is 0.640. The molecule has 0 aliphatic heterocycles. The van der Waals surface area contributed by atoms with E-state index in [2.05, 4.69) is 10.3 Å². The lowest BCUT2D eigenvalue weighted by Crippen LogP contribution is -1.93. The maximum absolute atomic E-state index is 13.7. The number of nitrogens with zero attached hydrogens (tertiary/aromatic N) is 1. The highest BCUT2D eigenvalue weighted by molar-refractivity contribution is 5.95. The van der Waals surface area contributed by atoms with E-state index in [0.29, 0.717) is 5.39 Å². The van der Waals surface area contributed by atoms with Gasteiger partial charge in [0.25, 0.3) is 0 Å². The molecule has 3 rings (SSSR count). The maximum Gasteiger partial charge on any atom is 0.131 e. The summed E-state index contributed by atoms with van der Waals surface area (Å²) in [6, 6.07) is 14.4. The molecule has 0 aliphatic rings. The second kappa shape index (κ2) is 4.45. The van der Waals surface area contributed by atoms with Crippen molar-refractivity contribution in [3.63, 3.8) is 0 Å². The molecule has 0 atom stereocenters. The van der Waals surface area contributed by atoms with Gasteiger partial charge in [0.15, 0.2) is 0 Å². The van der Waals surface area contributed by atoms with Crippen molar-refractivity contribution in [2.45, 2.75) is 0 Å². The molecule has 0 aliphatic carbocycles. The monoisotopic (exact) mass is 238 g/mol. The van der Waals surface area contributed by atoms with Crippen molar-refractivity contribution in [3.05, 3.63) is 66.7 Å². The Morgan fingerprint density at radius 3 is 2.50 bits per heavy atom. The largest absolute Gasteiger partial charge is 0.354 e. The van der Waals surface area contributed by atoms with E-state index < -0.39 is 0 Å². The third-order valence-corrected chi connectivity index (χ3v) is 2.81. The normalized spacial score (nSPS) is 10.5. The molecule has 0 bridgehead atoms. The van der Waals surface area contributed by atoms with Crippen LogP contribution >= 0.6 is 0 Å². The SMILES string of the molecule is Fc1ccc(Nc2cccnc2)c2ccccc12. The standard InChI is InChI=1S/C15H11FN2/c16-14-7-8-15(13-6-2-1-5-12(13)14)18-11-4-3-9-17-10-11/h1-10,18H. The Kier molecular flexibility index (Phi) is 2.65. The van der Waals surface area contributed by atoms with Crippen molar-refractivity contribution >= 4 is 22.1 Å². The van der Waals surface area contributed by atoms with Crippen molar-refractivity contribution in [3.8, 4) is 0 Å². The topological polar surface area (TPSA) is 24.9 Å². The Balaban J connectivity index is 2.10. The van der Waals surface area contributed by atoms with E-state index in [0.717, 1.165) is 16.8 Å². The molecule has 18 heavy (non-hydrogen) atoms. The third-order valence-electron chi connectivity index (χ3n) is 2.81. The molecule has 1 N–H and O–H groups in total. The van der Waals surface area contributed by atoms with E-state index in [1.165, 1.54) is 6.07 Å². The van der Waals surface area contributed by atoms with Crippen molar-refractivity contribution in [1.82, 2.24) is 4.98 Å². The van der Waals surface area contributed by atoms with Crippen LogP contribution in [0.25, 0.3) is 10.8 Å². The Bertz CT molecular complexity index is 680. The molecule has 3 aromatic rings. The minimum atomic E-state index is -0.206. The fourth-order valence-electron chi connectivity index (χ4n) is 1.96. The fraction of sp³-hybridized carbons (Fsp3) is 0. The van der Waals surface area contributed by atoms with Gasteiger partial charge < -0.3 is 5.32 Å². The third kappa shape index (κ3) is 1.91. The zero-order valence-electron chi connectivity index (χ0n) is 9.60. The summed E-state index contributed by atoms with van der Waals surface area (Å²) in [6.07, 6.45) is 3.45. The Labute approximate surface area is 104 Å². The smallest absolute Gasteiger partial charge is 0.131 e. The summed E-state index contributed by atoms with van der Waals surface area (Å²) in [7, 11) is 0. The zero-order chi connectivity index (χ0) is 12.4. The Morgan fingerprint density at radius 1 is 0.889 bits per heavy atom. The second-order valence-electron chi connectivity index (χ2n) is 4.01. The zero-order valence-corrected chi connectivity index (χ0v) is 9.60. The van der Waals surface area contributed by atoms with Crippen LogP contribution in [0, 0.1) is 5.82 Å². The van der Waals surface area contributed by atoms with Gasteiger partial charge in [-0.3, -0.25) is 4.98 Å². The van der Waals surface area contributed by atoms with Gasteiger partial charge in [-0.1, -0.05) is 24.3 Å². The number of fused-ring (bicyclic) bond motifs is 1. The molecule has 3 heteroatoms. The summed E-state index contributed by atoms with van der Waals surface area (Å²) in [4.78, 5) is 4.04. The molecule has 0 fully saturated rings. The van der Waals surface area contributed by atoms with Crippen LogP contribution in [0.1, 0.15) is 0 Å². The quantitative estimate of drug-likeness (QED) is 0.726. The van der Waals surface area contributed by atoms with Gasteiger partial charge in [0, 0.05) is 22.7 Å². The van der Waals surface area contributed by atoms with Gasteiger partial charge in [-0.2, -0.15) is 0 Å². The first-order chi connectivity index (χ1) is 8.84. The number of hydrogen-bond acceptors (Lipinski definition) is 2. The van der Waals surface area contributed by atoms with Gasteiger partial charge in [-0.05, 0) is 24.3 Å². The first-order valence-corrected chi connectivity index (χ1v) is 5.69. The summed E-state index contributed by atoms with van der Waals surface area (Å²) in [5, 5.41) is 4.72. The number of nitrogens with one attached hydrogen (secondary N) is 1. The summed E-state index contributed by atoms with van der Waals surface area (Å²) < 4.78 is 13.7. The van der Waals surface area contributed by atoms with Gasteiger partial charge in [-0.25, -0.2) is 4.39 Å². The maximum atomic E-state index is 13.7. The number of benzene rings is 2. The summed E-state index contributed by atoms with van der Waals surface area (Å²) in [5.41, 5.74) is 1.76. The highest BCUT2D eigenvalue weighted by atomic mass is 19.1. The van der Waals surface area contributed by atoms with E-state index in [4.69, 9.17) is 0 Å². The van der Waals surface area contributed by atoms with E-state index in [-0.39, 0.29) is 5.82 Å². The average Bonchev–Trinajstić information content (AvgIpc) is 2.44. The predicted molar refractivity (Wildman–Crippen MR) is 71.4 cm³/mol. The van der Waals surface area contributed by atoms with Crippen LogP contribution in [0.2, 0.25) is 0 Å². The van der Waals surface area contributed by atoms with Crippen LogP contribution in [0.4, 0.5) is 15.8 Å². The molecular formula is C15H11FN2. The molecule has 0 unspecified atom stereocenters. The first kappa shape index (κ1) is 10.7. The molecular weight excluding hydrogens is 227 g/mol. The number of halogens is 1. The molecule has 0 amide bonds. The number of rotatable bonds is 2. The summed E-state index contributed by atoms with van der Waals surface area (Å²) in [5.74, 6) is -0.206. The van der Waals surface area contributed by atoms with Gasteiger partial charge in [-0.15, -0.1) is 0 Å². The van der Waals surface area contributed by atoms with Gasteiger partial charge in [0.2, 0.25) is 0 Å². The molecule has 0 radical (unpaired) electrons. The van der Waals surface area contributed by atoms with Crippen LogP contribution in [0.15, 0.2) is 60.9 Å². The van der Waals surface area contributed by atoms with Gasteiger partial charge in [0.1, 0.15) is 5.82 Å². The van der Waals surface area contributed by atoms with Crippen molar-refractivity contribution in [2.24, 2.45) is 0 Å². The number of hydrogen-bond donors (Lipinski definition) is 1. The van der Waals surface area contributed by atoms with E-state index in [1.807, 2.05) is 30.3 Å². The number of pyridine rings is 1. The molecule has 1 heterocycles. The molecule has 0 spiro atoms. The van der Waals surface area contributed by atoms with Crippen LogP contribution in [-0.2, 0) is 0 Å². The fourth-order valence-corrected chi connectivity index (χ4v) is 1.96. The van der Waals surface area contributed by atoms with Crippen molar-refractivity contribution in [1.29, 1.82) is 0 Å². The molecule has 1 aromatic heterocycles. The second-order valence-corrected chi connectivity index (χ2v) is 4.01. The highest BCUT2D eigenvalue weighted by Gasteiger charge is 2.05. The molecule has 88 valence electrons. The van der Waals surface area contributed by atoms with Crippen LogP contribution in [0.3, 0.4) is 0 Å². The molecule has 2 aromatic carbocycles. The average molecular weight is 238 g/mol. The van der Waals surface area contributed by atoms with Gasteiger partial charge in [0.05, 0.1) is 11.9 Å². The lowest BCUT2D eigenvalue weighted by Gasteiger charge is -2.09. The van der Waals surface area contributed by atoms with Crippen LogP contribution < -0.4 is 5.32 Å². The van der Waals surface area contributed by atoms with Crippen molar-refractivity contribution in [2.75, 3.05) is 5.32 Å². The predicted octanol–water partition coefficient (Wildman–Crippen LogP) is 4.12. The minimum absolute atomic E-state index is 0.206. The van der Waals surface area contributed by atoms with E-state index in [9.17, 15) is 4.39 Å². The molecule has 0 saturated carbocycles. The summed E-state index contributed by atoms with van der Waals surface area (Å²) in [6.45, 7) is 0. The Morgan fingerprint density at radius 2 is 1.72 bits per heavy atom. The Hall–Kier alpha value is -2.42. The highest BCUT2D eigenvalue weighted by Crippen LogP contribution is 2.27. The van der Waals surface area contributed by atoms with E-state index in [1.54, 1.807) is 24.5 Å². The number of anilines is 2. The molecule has 0 saturated heterocycles. The van der Waals surface area contributed by atoms with Crippen LogP contribution in [-0.4, -0.2) is 4.98 Å². The minimum Gasteiger partial charge on any atom is -0.354 e. The summed E-state index contributed by atoms with van der Waals surface area (Å²) >= 11 is 0. The van der Waals surface area contributed by atoms with E-state index >= 15 is 0 Å². The molecule has 2 nitrogen and oxygen atoms in total. The van der Waals surface area contributed by atoms with Crippen LogP contribution in [0.5, 0.6) is 0 Å². The number of aromatic nitrogens is 1. The lowest BCUT2D eigenvalue weighted by atomic mass is 10.1. The van der Waals surface area contributed by atoms with Gasteiger partial charge >= 0.3 is 0 Å². The van der Waals surface area contributed by atoms with Crippen molar-refractivity contribution < 1.29 is 4.39 Å². The first-order valence-electron chi connectivity index (χ1n) is 5.69.